The van der Waals surface area contributed by atoms with E-state index in [0.717, 1.165) is 36.9 Å². The number of aromatic nitrogens is 2. The second kappa shape index (κ2) is 5.42. The number of nitrogens with zero attached hydrogens (tertiary/aromatic N) is 2. The zero-order chi connectivity index (χ0) is 14.4. The van der Waals surface area contributed by atoms with Gasteiger partial charge in [0.1, 0.15) is 5.82 Å². The van der Waals surface area contributed by atoms with E-state index in [0.29, 0.717) is 0 Å². The van der Waals surface area contributed by atoms with E-state index in [9.17, 15) is 0 Å². The highest BCUT2D eigenvalue weighted by Crippen LogP contribution is 2.46. The first-order valence-electron chi connectivity index (χ1n) is 9.06. The lowest BCUT2D eigenvalue weighted by Gasteiger charge is -2.37. The van der Waals surface area contributed by atoms with Gasteiger partial charge >= 0.3 is 0 Å². The van der Waals surface area contributed by atoms with Gasteiger partial charge in [0, 0.05) is 37.2 Å². The van der Waals surface area contributed by atoms with Gasteiger partial charge in [0.05, 0.1) is 5.69 Å². The Bertz CT molecular complexity index is 513. The smallest absolute Gasteiger partial charge is 0.112 e. The van der Waals surface area contributed by atoms with E-state index in [1.54, 1.807) is 5.69 Å². The van der Waals surface area contributed by atoms with Crippen molar-refractivity contribution in [1.82, 2.24) is 14.9 Å². The highest BCUT2D eigenvalue weighted by atomic mass is 15.2. The predicted molar refractivity (Wildman–Crippen MR) is 85.4 cm³/mol. The highest BCUT2D eigenvalue weighted by Gasteiger charge is 2.37. The van der Waals surface area contributed by atoms with Crippen molar-refractivity contribution in [3.05, 3.63) is 17.2 Å². The molecule has 2 saturated carbocycles. The first kappa shape index (κ1) is 13.8. The molecular formula is C18H29N3. The number of rotatable bonds is 3. The van der Waals surface area contributed by atoms with E-state index in [4.69, 9.17) is 4.98 Å². The van der Waals surface area contributed by atoms with Crippen molar-refractivity contribution in [2.45, 2.75) is 77.3 Å². The predicted octanol–water partition coefficient (Wildman–Crippen LogP) is 3.79. The quantitative estimate of drug-likeness (QED) is 0.916. The van der Waals surface area contributed by atoms with Crippen LogP contribution in [0.25, 0.3) is 0 Å². The van der Waals surface area contributed by atoms with Crippen molar-refractivity contribution in [3.63, 3.8) is 0 Å². The molecule has 1 N–H and O–H groups in total. The average Bonchev–Trinajstić information content (AvgIpc) is 3.27. The molecule has 21 heavy (non-hydrogen) atoms. The normalized spacial score (nSPS) is 29.7. The van der Waals surface area contributed by atoms with E-state index in [-0.39, 0.29) is 0 Å². The molecule has 1 aliphatic heterocycles. The van der Waals surface area contributed by atoms with E-state index in [1.165, 1.54) is 56.5 Å². The fourth-order valence-corrected chi connectivity index (χ4v) is 4.59. The summed E-state index contributed by atoms with van der Waals surface area (Å²) in [4.78, 5) is 5.08. The minimum atomic E-state index is 0.726. The Hall–Kier alpha value is -0.830. The molecule has 4 rings (SSSR count). The van der Waals surface area contributed by atoms with E-state index in [2.05, 4.69) is 23.7 Å². The van der Waals surface area contributed by atoms with Gasteiger partial charge in [-0.25, -0.2) is 4.98 Å². The van der Waals surface area contributed by atoms with Crippen LogP contribution in [0.1, 0.15) is 81.5 Å². The second-order valence-electron chi connectivity index (χ2n) is 7.69. The molecule has 2 unspecified atom stereocenters. The maximum absolute atomic E-state index is 5.08. The average molecular weight is 287 g/mol. The third-order valence-corrected chi connectivity index (χ3v) is 5.86. The van der Waals surface area contributed by atoms with Gasteiger partial charge in [-0.3, -0.25) is 0 Å². The van der Waals surface area contributed by atoms with Crippen molar-refractivity contribution in [1.29, 1.82) is 0 Å². The van der Waals surface area contributed by atoms with Crippen LogP contribution in [-0.2, 0) is 13.0 Å². The van der Waals surface area contributed by atoms with Gasteiger partial charge in [-0.1, -0.05) is 26.7 Å². The number of hydrogen-bond donors (Lipinski definition) is 1. The Balaban J connectivity index is 1.76. The molecule has 3 heteroatoms. The number of nitrogens with one attached hydrogen (secondary N) is 1. The lowest BCUT2D eigenvalue weighted by atomic mass is 9.77. The fourth-order valence-electron chi connectivity index (χ4n) is 4.59. The minimum Gasteiger partial charge on any atom is -0.328 e. The Morgan fingerprint density at radius 1 is 1.14 bits per heavy atom. The SMILES string of the molecule is CC(C)C1CCCCC1n1c(C2CC2)nc2c1CCNC2. The van der Waals surface area contributed by atoms with E-state index >= 15 is 0 Å². The number of hydrogen-bond acceptors (Lipinski definition) is 2. The lowest BCUT2D eigenvalue weighted by Crippen LogP contribution is -2.31. The summed E-state index contributed by atoms with van der Waals surface area (Å²) in [6, 6.07) is 0.726. The maximum atomic E-state index is 5.08. The molecule has 2 aliphatic carbocycles. The van der Waals surface area contributed by atoms with Gasteiger partial charge in [0.15, 0.2) is 0 Å². The van der Waals surface area contributed by atoms with Gasteiger partial charge in [-0.05, 0) is 37.5 Å². The zero-order valence-electron chi connectivity index (χ0n) is 13.6. The van der Waals surface area contributed by atoms with Gasteiger partial charge in [0.25, 0.3) is 0 Å². The molecule has 2 fully saturated rings. The molecule has 1 aromatic heterocycles. The summed E-state index contributed by atoms with van der Waals surface area (Å²) in [5.41, 5.74) is 2.93. The molecular weight excluding hydrogens is 258 g/mol. The summed E-state index contributed by atoms with van der Waals surface area (Å²) in [7, 11) is 0. The van der Waals surface area contributed by atoms with Crippen molar-refractivity contribution in [3.8, 4) is 0 Å². The first-order valence-corrected chi connectivity index (χ1v) is 9.06. The van der Waals surface area contributed by atoms with Crippen molar-refractivity contribution >= 4 is 0 Å². The summed E-state index contributed by atoms with van der Waals surface area (Å²) >= 11 is 0. The monoisotopic (exact) mass is 287 g/mol. The Kier molecular flexibility index (Phi) is 3.56. The summed E-state index contributed by atoms with van der Waals surface area (Å²) in [6.07, 6.45) is 9.53. The van der Waals surface area contributed by atoms with Crippen molar-refractivity contribution in [2.24, 2.45) is 11.8 Å². The Morgan fingerprint density at radius 3 is 2.71 bits per heavy atom. The molecule has 2 atom stereocenters. The molecule has 3 nitrogen and oxygen atoms in total. The number of fused-ring (bicyclic) bond motifs is 1. The molecule has 3 aliphatic rings. The number of imidazole rings is 1. The van der Waals surface area contributed by atoms with Crippen LogP contribution in [0.4, 0.5) is 0 Å². The summed E-state index contributed by atoms with van der Waals surface area (Å²) in [5, 5.41) is 3.50. The zero-order valence-corrected chi connectivity index (χ0v) is 13.6. The highest BCUT2D eigenvalue weighted by molar-refractivity contribution is 5.25. The topological polar surface area (TPSA) is 29.9 Å². The summed E-state index contributed by atoms with van der Waals surface area (Å²) < 4.78 is 2.75. The minimum absolute atomic E-state index is 0.726. The first-order chi connectivity index (χ1) is 10.3. The lowest BCUT2D eigenvalue weighted by molar-refractivity contribution is 0.178. The van der Waals surface area contributed by atoms with Crippen LogP contribution in [0.3, 0.4) is 0 Å². The van der Waals surface area contributed by atoms with Crippen LogP contribution in [0.5, 0.6) is 0 Å². The third-order valence-electron chi connectivity index (χ3n) is 5.86. The Morgan fingerprint density at radius 2 is 1.95 bits per heavy atom. The molecule has 0 amide bonds. The molecule has 0 saturated heterocycles. The van der Waals surface area contributed by atoms with Gasteiger partial charge in [-0.2, -0.15) is 0 Å². The Labute approximate surface area is 128 Å². The van der Waals surface area contributed by atoms with Crippen molar-refractivity contribution < 1.29 is 0 Å². The van der Waals surface area contributed by atoms with Gasteiger partial charge in [-0.15, -0.1) is 0 Å². The van der Waals surface area contributed by atoms with Crippen LogP contribution in [-0.4, -0.2) is 16.1 Å². The van der Waals surface area contributed by atoms with Gasteiger partial charge in [0.2, 0.25) is 0 Å². The standard InChI is InChI=1S/C18H29N3/c1-12(2)14-5-3-4-6-16(14)21-17-9-10-19-11-15(17)20-18(21)13-7-8-13/h12-14,16,19H,3-11H2,1-2H3. The summed E-state index contributed by atoms with van der Waals surface area (Å²) in [6.45, 7) is 6.96. The largest absolute Gasteiger partial charge is 0.328 e. The van der Waals surface area contributed by atoms with Crippen LogP contribution >= 0.6 is 0 Å². The molecule has 1 aromatic rings. The van der Waals surface area contributed by atoms with Crippen LogP contribution < -0.4 is 5.32 Å². The van der Waals surface area contributed by atoms with Crippen LogP contribution in [0, 0.1) is 11.8 Å². The molecule has 0 radical (unpaired) electrons. The fraction of sp³-hybridized carbons (Fsp3) is 0.833. The van der Waals surface area contributed by atoms with Crippen LogP contribution in [0.2, 0.25) is 0 Å². The molecule has 0 aromatic carbocycles. The second-order valence-corrected chi connectivity index (χ2v) is 7.69. The third kappa shape index (κ3) is 2.44. The van der Waals surface area contributed by atoms with E-state index < -0.39 is 0 Å². The molecule has 0 spiro atoms. The molecule has 0 bridgehead atoms. The van der Waals surface area contributed by atoms with E-state index in [1.807, 2.05) is 0 Å². The van der Waals surface area contributed by atoms with Crippen LogP contribution in [0.15, 0.2) is 0 Å². The molecule has 116 valence electrons. The van der Waals surface area contributed by atoms with Crippen molar-refractivity contribution in [2.75, 3.05) is 6.54 Å². The summed E-state index contributed by atoms with van der Waals surface area (Å²) in [5.74, 6) is 3.86. The maximum Gasteiger partial charge on any atom is 0.112 e. The molecule has 2 heterocycles. The van der Waals surface area contributed by atoms with Gasteiger partial charge < -0.3 is 9.88 Å².